The van der Waals surface area contributed by atoms with Crippen molar-refractivity contribution < 1.29 is 0 Å². The van der Waals surface area contributed by atoms with E-state index in [2.05, 4.69) is 74.8 Å². The van der Waals surface area contributed by atoms with Crippen molar-refractivity contribution in [3.8, 4) is 0 Å². The number of pyridine rings is 1. The fourth-order valence-corrected chi connectivity index (χ4v) is 5.84. The van der Waals surface area contributed by atoms with Crippen LogP contribution in [0.25, 0.3) is 10.9 Å². The van der Waals surface area contributed by atoms with E-state index in [1.54, 1.807) is 0 Å². The highest BCUT2D eigenvalue weighted by Crippen LogP contribution is 2.39. The van der Waals surface area contributed by atoms with E-state index >= 15 is 0 Å². The molecule has 7 nitrogen and oxygen atoms in total. The van der Waals surface area contributed by atoms with Gasteiger partial charge in [0, 0.05) is 23.2 Å². The normalized spacial score (nSPS) is 17.3. The SMILES string of the molecule is Cc1ccc(C)c2[nH]c(=O)c([C@H](c3nnnn3C3CCCCC3)N3CCc4ccccc43)cc12. The lowest BCUT2D eigenvalue weighted by Gasteiger charge is -2.31. The van der Waals surface area contributed by atoms with Crippen LogP contribution >= 0.6 is 0 Å². The fraction of sp³-hybridized carbons (Fsp3) is 0.407. The molecular weight excluding hydrogens is 424 g/mol. The zero-order chi connectivity index (χ0) is 23.2. The fourth-order valence-electron chi connectivity index (χ4n) is 5.84. The highest BCUT2D eigenvalue weighted by molar-refractivity contribution is 5.85. The molecule has 1 fully saturated rings. The molecule has 1 aliphatic heterocycles. The number of aromatic amines is 1. The Kier molecular flexibility index (Phi) is 5.20. The van der Waals surface area contributed by atoms with Gasteiger partial charge in [-0.2, -0.15) is 0 Å². The molecule has 1 saturated carbocycles. The average Bonchev–Trinajstić information content (AvgIpc) is 3.51. The van der Waals surface area contributed by atoms with Crippen molar-refractivity contribution in [1.82, 2.24) is 25.2 Å². The van der Waals surface area contributed by atoms with E-state index in [0.717, 1.165) is 59.3 Å². The first-order valence-electron chi connectivity index (χ1n) is 12.4. The Morgan fingerprint density at radius 1 is 1.03 bits per heavy atom. The second-order valence-corrected chi connectivity index (χ2v) is 9.79. The van der Waals surface area contributed by atoms with E-state index in [1.807, 2.05) is 11.6 Å². The molecule has 0 spiro atoms. The maximum atomic E-state index is 13.6. The van der Waals surface area contributed by atoms with Gasteiger partial charge in [-0.3, -0.25) is 4.79 Å². The zero-order valence-corrected chi connectivity index (χ0v) is 19.8. The summed E-state index contributed by atoms with van der Waals surface area (Å²) < 4.78 is 2.01. The predicted molar refractivity (Wildman–Crippen MR) is 133 cm³/mol. The maximum Gasteiger partial charge on any atom is 0.254 e. The number of nitrogens with one attached hydrogen (secondary N) is 1. The summed E-state index contributed by atoms with van der Waals surface area (Å²) in [4.78, 5) is 19.1. The topological polar surface area (TPSA) is 79.7 Å². The van der Waals surface area contributed by atoms with Gasteiger partial charge in [0.15, 0.2) is 5.82 Å². The average molecular weight is 455 g/mol. The number of aryl methyl sites for hydroxylation is 2. The summed E-state index contributed by atoms with van der Waals surface area (Å²) in [5.41, 5.74) is 6.20. The summed E-state index contributed by atoms with van der Waals surface area (Å²) in [6, 6.07) is 14.6. The van der Waals surface area contributed by atoms with E-state index in [4.69, 9.17) is 0 Å². The van der Waals surface area contributed by atoms with Crippen LogP contribution in [0.15, 0.2) is 47.3 Å². The molecular formula is C27H30N6O. The van der Waals surface area contributed by atoms with Gasteiger partial charge in [-0.25, -0.2) is 4.68 Å². The van der Waals surface area contributed by atoms with Crippen LogP contribution in [0.5, 0.6) is 0 Å². The number of tetrazole rings is 1. The van der Waals surface area contributed by atoms with Gasteiger partial charge in [0.05, 0.1) is 11.6 Å². The van der Waals surface area contributed by atoms with Crippen molar-refractivity contribution in [3.63, 3.8) is 0 Å². The molecule has 174 valence electrons. The second-order valence-electron chi connectivity index (χ2n) is 9.79. The van der Waals surface area contributed by atoms with Crippen LogP contribution in [0.4, 0.5) is 5.69 Å². The molecule has 1 atom stereocenters. The summed E-state index contributed by atoms with van der Waals surface area (Å²) in [5.74, 6) is 0.763. The lowest BCUT2D eigenvalue weighted by atomic mass is 9.94. The van der Waals surface area contributed by atoms with Crippen LogP contribution in [0.3, 0.4) is 0 Å². The smallest absolute Gasteiger partial charge is 0.254 e. The minimum absolute atomic E-state index is 0.0752. The van der Waals surface area contributed by atoms with Crippen LogP contribution in [-0.2, 0) is 6.42 Å². The third-order valence-electron chi connectivity index (χ3n) is 7.69. The molecule has 2 aliphatic rings. The van der Waals surface area contributed by atoms with Gasteiger partial charge >= 0.3 is 0 Å². The zero-order valence-electron chi connectivity index (χ0n) is 19.8. The molecule has 0 unspecified atom stereocenters. The number of hydrogen-bond acceptors (Lipinski definition) is 5. The molecule has 0 amide bonds. The van der Waals surface area contributed by atoms with Gasteiger partial charge in [-0.15, -0.1) is 5.10 Å². The molecule has 0 radical (unpaired) electrons. The van der Waals surface area contributed by atoms with Crippen LogP contribution in [0.1, 0.15) is 72.3 Å². The van der Waals surface area contributed by atoms with E-state index in [-0.39, 0.29) is 17.6 Å². The first-order valence-corrected chi connectivity index (χ1v) is 12.4. The van der Waals surface area contributed by atoms with E-state index < -0.39 is 0 Å². The monoisotopic (exact) mass is 454 g/mol. The van der Waals surface area contributed by atoms with Crippen molar-refractivity contribution in [1.29, 1.82) is 0 Å². The first kappa shape index (κ1) is 21.1. The standard InChI is InChI=1S/C27H30N6O/c1-17-12-13-18(2)24-21(17)16-22(27(34)28-24)25(32-15-14-19-8-6-7-11-23(19)32)26-29-30-31-33(26)20-9-4-3-5-10-20/h6-8,11-13,16,20,25H,3-5,9-10,14-15H2,1-2H3,(H,28,34)/t25-/m1/s1. The van der Waals surface area contributed by atoms with Gasteiger partial charge in [-0.05, 0) is 72.4 Å². The van der Waals surface area contributed by atoms with Crippen molar-refractivity contribution >= 4 is 16.6 Å². The summed E-state index contributed by atoms with van der Waals surface area (Å²) in [5, 5.41) is 14.2. The molecule has 7 heteroatoms. The van der Waals surface area contributed by atoms with Gasteiger partial charge in [-0.1, -0.05) is 49.6 Å². The molecule has 3 heterocycles. The number of rotatable bonds is 4. The summed E-state index contributed by atoms with van der Waals surface area (Å²) in [6.45, 7) is 4.96. The minimum Gasteiger partial charge on any atom is -0.357 e. The molecule has 2 aromatic carbocycles. The van der Waals surface area contributed by atoms with E-state index in [9.17, 15) is 4.79 Å². The largest absolute Gasteiger partial charge is 0.357 e. The molecule has 6 rings (SSSR count). The Hall–Kier alpha value is -3.48. The third kappa shape index (κ3) is 3.42. The number of nitrogens with zero attached hydrogens (tertiary/aromatic N) is 5. The molecule has 1 aliphatic carbocycles. The van der Waals surface area contributed by atoms with Gasteiger partial charge in [0.1, 0.15) is 6.04 Å². The number of para-hydroxylation sites is 1. The molecule has 0 bridgehead atoms. The van der Waals surface area contributed by atoms with Crippen LogP contribution < -0.4 is 10.5 Å². The summed E-state index contributed by atoms with van der Waals surface area (Å²) >= 11 is 0. The quantitative estimate of drug-likeness (QED) is 0.480. The number of hydrogen-bond donors (Lipinski definition) is 1. The number of aromatic nitrogens is 5. The Labute approximate surface area is 198 Å². The highest BCUT2D eigenvalue weighted by atomic mass is 16.1. The molecule has 2 aromatic heterocycles. The van der Waals surface area contributed by atoms with Crippen molar-refractivity contribution in [3.05, 3.63) is 80.9 Å². The molecule has 1 N–H and O–H groups in total. The van der Waals surface area contributed by atoms with Crippen LogP contribution in [0.2, 0.25) is 0 Å². The molecule has 0 saturated heterocycles. The lowest BCUT2D eigenvalue weighted by molar-refractivity contribution is 0.313. The summed E-state index contributed by atoms with van der Waals surface area (Å²) in [6.07, 6.45) is 6.75. The van der Waals surface area contributed by atoms with E-state index in [0.29, 0.717) is 5.56 Å². The first-order chi connectivity index (χ1) is 16.6. The van der Waals surface area contributed by atoms with Gasteiger partial charge < -0.3 is 9.88 Å². The molecule has 34 heavy (non-hydrogen) atoms. The van der Waals surface area contributed by atoms with Gasteiger partial charge in [0.2, 0.25) is 0 Å². The Morgan fingerprint density at radius 2 is 1.82 bits per heavy atom. The number of H-pyrrole nitrogens is 1. The van der Waals surface area contributed by atoms with Crippen molar-refractivity contribution in [2.75, 3.05) is 11.4 Å². The van der Waals surface area contributed by atoms with Crippen LogP contribution in [-0.4, -0.2) is 31.7 Å². The number of benzene rings is 2. The highest BCUT2D eigenvalue weighted by Gasteiger charge is 2.35. The third-order valence-corrected chi connectivity index (χ3v) is 7.69. The Bertz CT molecular complexity index is 1410. The van der Waals surface area contributed by atoms with Crippen molar-refractivity contribution in [2.24, 2.45) is 0 Å². The minimum atomic E-state index is -0.353. The van der Waals surface area contributed by atoms with Gasteiger partial charge in [0.25, 0.3) is 5.56 Å². The lowest BCUT2D eigenvalue weighted by Crippen LogP contribution is -2.35. The van der Waals surface area contributed by atoms with E-state index in [1.165, 1.54) is 24.8 Å². The Balaban J connectivity index is 1.57. The molecule has 4 aromatic rings. The number of fused-ring (bicyclic) bond motifs is 2. The second kappa shape index (κ2) is 8.38. The maximum absolute atomic E-state index is 13.6. The predicted octanol–water partition coefficient (Wildman–Crippen LogP) is 4.79. The number of anilines is 1. The van der Waals surface area contributed by atoms with Crippen molar-refractivity contribution in [2.45, 2.75) is 64.5 Å². The summed E-state index contributed by atoms with van der Waals surface area (Å²) in [7, 11) is 0. The van der Waals surface area contributed by atoms with Crippen LogP contribution in [0, 0.1) is 13.8 Å². The Morgan fingerprint density at radius 3 is 2.68 bits per heavy atom.